The predicted molar refractivity (Wildman–Crippen MR) is 34.2 cm³/mol. The molecule has 3 heteroatoms. The van der Waals surface area contributed by atoms with Gasteiger partial charge >= 0.3 is 52.4 Å². The van der Waals surface area contributed by atoms with Gasteiger partial charge in [-0.05, 0) is 0 Å². The third kappa shape index (κ3) is 6.32. The predicted octanol–water partition coefficient (Wildman–Crippen LogP) is 1.14. The van der Waals surface area contributed by atoms with Crippen LogP contribution in [0.2, 0.25) is 10.9 Å². The van der Waals surface area contributed by atoms with Crippen LogP contribution < -0.4 is 0 Å². The van der Waals surface area contributed by atoms with Crippen LogP contribution in [-0.4, -0.2) is 17.9 Å². The zero-order valence-electron chi connectivity index (χ0n) is 5.59. The molecule has 8 heavy (non-hydrogen) atoms. The Morgan fingerprint density at radius 2 is 2.00 bits per heavy atom. The van der Waals surface area contributed by atoms with Gasteiger partial charge in [-0.25, -0.2) is 0 Å². The molecular weight excluding hydrogens is 167 g/mol. The molecular formula is C5H13AsO2. The van der Waals surface area contributed by atoms with Crippen molar-refractivity contribution in [2.45, 2.75) is 24.8 Å². The van der Waals surface area contributed by atoms with E-state index >= 15 is 0 Å². The third-order valence-electron chi connectivity index (χ3n) is 0.704. The minimum absolute atomic E-state index is 0.356. The number of rotatable bonds is 2. The van der Waals surface area contributed by atoms with Crippen LogP contribution in [0, 0.1) is 5.92 Å². The van der Waals surface area contributed by atoms with E-state index in [9.17, 15) is 3.74 Å². The molecule has 0 radical (unpaired) electrons. The van der Waals surface area contributed by atoms with Gasteiger partial charge < -0.3 is 0 Å². The third-order valence-corrected chi connectivity index (χ3v) is 3.66. The molecule has 0 bridgehead atoms. The van der Waals surface area contributed by atoms with E-state index in [1.54, 1.807) is 0 Å². The quantitative estimate of drug-likeness (QED) is 0.647. The van der Waals surface area contributed by atoms with Crippen molar-refractivity contribution < 1.29 is 7.84 Å². The van der Waals surface area contributed by atoms with Crippen LogP contribution >= 0.6 is 0 Å². The van der Waals surface area contributed by atoms with Crippen molar-refractivity contribution in [3.63, 3.8) is 0 Å². The van der Waals surface area contributed by atoms with Crippen molar-refractivity contribution in [2.24, 2.45) is 5.92 Å². The van der Waals surface area contributed by atoms with Crippen LogP contribution in [0.3, 0.4) is 0 Å². The zero-order valence-corrected chi connectivity index (χ0v) is 7.46. The Balaban J connectivity index is 3.56. The average Bonchev–Trinajstić information content (AvgIpc) is 1.21. The molecule has 0 aromatic heterocycles. The monoisotopic (exact) mass is 180 g/mol. The van der Waals surface area contributed by atoms with Crippen LogP contribution in [0.1, 0.15) is 13.8 Å². The van der Waals surface area contributed by atoms with E-state index in [-0.39, 0.29) is 0 Å². The van der Waals surface area contributed by atoms with Gasteiger partial charge in [-0.1, -0.05) is 0 Å². The van der Waals surface area contributed by atoms with Crippen molar-refractivity contribution in [2.75, 3.05) is 0 Å². The van der Waals surface area contributed by atoms with Crippen molar-refractivity contribution >= 4 is 13.8 Å². The zero-order chi connectivity index (χ0) is 6.78. The topological polar surface area (TPSA) is 37.3 Å². The van der Waals surface area contributed by atoms with Crippen LogP contribution in [0.5, 0.6) is 0 Å². The molecule has 0 aromatic rings. The van der Waals surface area contributed by atoms with Crippen LogP contribution in [0.4, 0.5) is 0 Å². The summed E-state index contributed by atoms with van der Waals surface area (Å²) in [5, 5.41) is 0.498. The molecule has 0 aliphatic rings. The summed E-state index contributed by atoms with van der Waals surface area (Å²) in [7, 11) is 0. The minimum atomic E-state index is -3.27. The fraction of sp³-hybridized carbons (Fsp3) is 1.00. The second-order valence-corrected chi connectivity index (χ2v) is 7.80. The van der Waals surface area contributed by atoms with E-state index in [2.05, 4.69) is 0 Å². The molecule has 0 heterocycles. The Hall–Kier alpha value is 0.318. The van der Waals surface area contributed by atoms with Gasteiger partial charge in [-0.3, -0.25) is 0 Å². The van der Waals surface area contributed by atoms with Gasteiger partial charge in [0.2, 0.25) is 0 Å². The Labute approximate surface area is 52.9 Å². The van der Waals surface area contributed by atoms with Crippen LogP contribution in [0.15, 0.2) is 0 Å². The van der Waals surface area contributed by atoms with Crippen molar-refractivity contribution in [1.82, 2.24) is 0 Å². The van der Waals surface area contributed by atoms with Crippen molar-refractivity contribution in [3.8, 4) is 0 Å². The molecule has 1 N–H and O–H groups in total. The van der Waals surface area contributed by atoms with E-state index in [0.29, 0.717) is 11.1 Å². The maximum atomic E-state index is 10.6. The summed E-state index contributed by atoms with van der Waals surface area (Å²) in [4.78, 5) is 0. The van der Waals surface area contributed by atoms with Gasteiger partial charge in [-0.15, -0.1) is 0 Å². The summed E-state index contributed by atoms with van der Waals surface area (Å²) in [6.07, 6.45) is 0. The van der Waals surface area contributed by atoms with E-state index < -0.39 is 13.8 Å². The summed E-state index contributed by atoms with van der Waals surface area (Å²) in [6.45, 7) is 3.90. The van der Waals surface area contributed by atoms with E-state index in [1.165, 1.54) is 5.71 Å². The Morgan fingerprint density at radius 1 is 1.62 bits per heavy atom. The standard InChI is InChI=1S/C5H13AsO2/c1-5(2)4-6(3,7)8/h5H,4H2,1-3H3,(H,7,8). The second kappa shape index (κ2) is 2.74. The molecule has 0 spiro atoms. The fourth-order valence-electron chi connectivity index (χ4n) is 0.678. The SMILES string of the molecule is CC(C)C[As](C)(=O)O. The van der Waals surface area contributed by atoms with E-state index in [1.807, 2.05) is 13.8 Å². The summed E-state index contributed by atoms with van der Waals surface area (Å²) in [6, 6.07) is 0. The molecule has 0 saturated heterocycles. The molecule has 0 fully saturated rings. The molecule has 0 aliphatic carbocycles. The second-order valence-electron chi connectivity index (χ2n) is 2.63. The van der Waals surface area contributed by atoms with E-state index in [4.69, 9.17) is 4.10 Å². The van der Waals surface area contributed by atoms with Gasteiger partial charge in [0.05, 0.1) is 0 Å². The molecule has 0 aromatic carbocycles. The first-order valence-corrected chi connectivity index (χ1v) is 7.52. The molecule has 2 nitrogen and oxygen atoms in total. The summed E-state index contributed by atoms with van der Waals surface area (Å²) < 4.78 is 19.4. The maximum absolute atomic E-state index is 10.6. The molecule has 1 atom stereocenters. The van der Waals surface area contributed by atoms with Crippen LogP contribution in [0.25, 0.3) is 0 Å². The molecule has 1 unspecified atom stereocenters. The number of hydrogen-bond donors (Lipinski definition) is 1. The molecule has 0 amide bonds. The molecule has 0 aliphatic heterocycles. The first-order chi connectivity index (χ1) is 3.42. The first-order valence-electron chi connectivity index (χ1n) is 2.71. The normalized spacial score (nSPS) is 18.6. The Kier molecular flexibility index (Phi) is 2.85. The van der Waals surface area contributed by atoms with Gasteiger partial charge in [0.25, 0.3) is 0 Å². The van der Waals surface area contributed by atoms with Crippen molar-refractivity contribution in [3.05, 3.63) is 0 Å². The van der Waals surface area contributed by atoms with Crippen molar-refractivity contribution in [1.29, 1.82) is 0 Å². The summed E-state index contributed by atoms with van der Waals surface area (Å²) >= 11 is -3.27. The Morgan fingerprint density at radius 3 is 2.00 bits per heavy atom. The summed E-state index contributed by atoms with van der Waals surface area (Å²) in [5.41, 5.74) is 1.46. The number of hydrogen-bond acceptors (Lipinski definition) is 1. The van der Waals surface area contributed by atoms with Gasteiger partial charge in [0.15, 0.2) is 0 Å². The summed E-state index contributed by atoms with van der Waals surface area (Å²) in [5.74, 6) is 0.356. The van der Waals surface area contributed by atoms with Gasteiger partial charge in [0.1, 0.15) is 0 Å². The molecule has 0 rings (SSSR count). The first kappa shape index (κ1) is 8.32. The van der Waals surface area contributed by atoms with Gasteiger partial charge in [-0.2, -0.15) is 0 Å². The average molecular weight is 180 g/mol. The fourth-order valence-corrected chi connectivity index (χ4v) is 3.52. The molecule has 0 saturated carbocycles. The van der Waals surface area contributed by atoms with E-state index in [0.717, 1.165) is 0 Å². The van der Waals surface area contributed by atoms with Crippen LogP contribution in [-0.2, 0) is 3.74 Å². The molecule has 50 valence electrons. The van der Waals surface area contributed by atoms with Gasteiger partial charge in [0, 0.05) is 0 Å². The Bertz CT molecular complexity index is 103.